The van der Waals surface area contributed by atoms with Crippen molar-refractivity contribution in [1.82, 2.24) is 10.2 Å². The van der Waals surface area contributed by atoms with E-state index in [2.05, 4.69) is 17.3 Å². The van der Waals surface area contributed by atoms with Crippen LogP contribution in [0.4, 0.5) is 0 Å². The SMILES string of the molecule is CNC[C@@H]1CCCN2CCCCC12. The van der Waals surface area contributed by atoms with E-state index in [0.29, 0.717) is 0 Å². The fraction of sp³-hybridized carbons (Fsp3) is 1.00. The van der Waals surface area contributed by atoms with Crippen molar-refractivity contribution in [3.8, 4) is 0 Å². The lowest BCUT2D eigenvalue weighted by Gasteiger charge is -2.44. The number of nitrogens with one attached hydrogen (secondary N) is 1. The molecule has 2 atom stereocenters. The highest BCUT2D eigenvalue weighted by Crippen LogP contribution is 2.30. The van der Waals surface area contributed by atoms with Gasteiger partial charge in [-0.1, -0.05) is 6.42 Å². The Morgan fingerprint density at radius 1 is 1.15 bits per heavy atom. The van der Waals surface area contributed by atoms with E-state index < -0.39 is 0 Å². The first-order valence-electron chi connectivity index (χ1n) is 5.80. The highest BCUT2D eigenvalue weighted by Gasteiger charge is 2.32. The zero-order valence-electron chi connectivity index (χ0n) is 8.76. The maximum Gasteiger partial charge on any atom is 0.0136 e. The van der Waals surface area contributed by atoms with Gasteiger partial charge in [0.2, 0.25) is 0 Å². The van der Waals surface area contributed by atoms with Gasteiger partial charge in [0.1, 0.15) is 0 Å². The Morgan fingerprint density at radius 3 is 2.85 bits per heavy atom. The number of hydrogen-bond acceptors (Lipinski definition) is 2. The molecule has 13 heavy (non-hydrogen) atoms. The summed E-state index contributed by atoms with van der Waals surface area (Å²) in [4.78, 5) is 2.73. The van der Waals surface area contributed by atoms with Gasteiger partial charge < -0.3 is 10.2 Å². The van der Waals surface area contributed by atoms with Crippen LogP contribution in [-0.2, 0) is 0 Å². The molecule has 2 saturated heterocycles. The van der Waals surface area contributed by atoms with E-state index in [4.69, 9.17) is 0 Å². The lowest BCUT2D eigenvalue weighted by molar-refractivity contribution is 0.0603. The smallest absolute Gasteiger partial charge is 0.0136 e. The molecule has 0 spiro atoms. The number of rotatable bonds is 2. The van der Waals surface area contributed by atoms with Crippen LogP contribution in [0.15, 0.2) is 0 Å². The highest BCUT2D eigenvalue weighted by molar-refractivity contribution is 4.87. The van der Waals surface area contributed by atoms with E-state index in [0.717, 1.165) is 12.0 Å². The maximum absolute atomic E-state index is 3.34. The van der Waals surface area contributed by atoms with Gasteiger partial charge in [-0.2, -0.15) is 0 Å². The first-order valence-corrected chi connectivity index (χ1v) is 5.80. The van der Waals surface area contributed by atoms with Crippen molar-refractivity contribution in [3.05, 3.63) is 0 Å². The Bertz CT molecular complexity index is 154. The van der Waals surface area contributed by atoms with Crippen LogP contribution in [0.1, 0.15) is 32.1 Å². The van der Waals surface area contributed by atoms with Crippen molar-refractivity contribution in [2.45, 2.75) is 38.1 Å². The van der Waals surface area contributed by atoms with Crippen molar-refractivity contribution >= 4 is 0 Å². The van der Waals surface area contributed by atoms with Gasteiger partial charge in [0.25, 0.3) is 0 Å². The second-order valence-corrected chi connectivity index (χ2v) is 4.56. The Labute approximate surface area is 81.7 Å². The highest BCUT2D eigenvalue weighted by atomic mass is 15.2. The molecule has 1 N–H and O–H groups in total. The summed E-state index contributed by atoms with van der Waals surface area (Å²) < 4.78 is 0. The Balaban J connectivity index is 1.94. The molecule has 2 aliphatic heterocycles. The second-order valence-electron chi connectivity index (χ2n) is 4.56. The fourth-order valence-electron chi connectivity index (χ4n) is 3.08. The standard InChI is InChI=1S/C11H22N2/c1-12-9-10-5-4-8-13-7-3-2-6-11(10)13/h10-12H,2-9H2,1H3/t10-,11?/m0/s1. The zero-order valence-corrected chi connectivity index (χ0v) is 8.76. The van der Waals surface area contributed by atoms with E-state index >= 15 is 0 Å². The first kappa shape index (κ1) is 9.47. The van der Waals surface area contributed by atoms with Gasteiger partial charge in [-0.3, -0.25) is 0 Å². The van der Waals surface area contributed by atoms with Crippen molar-refractivity contribution in [1.29, 1.82) is 0 Å². The van der Waals surface area contributed by atoms with Crippen LogP contribution in [0.25, 0.3) is 0 Å². The normalized spacial score (nSPS) is 35.8. The van der Waals surface area contributed by atoms with Crippen molar-refractivity contribution < 1.29 is 0 Å². The lowest BCUT2D eigenvalue weighted by Crippen LogP contribution is -2.50. The third kappa shape index (κ3) is 2.05. The number of piperidine rings is 2. The predicted molar refractivity (Wildman–Crippen MR) is 55.9 cm³/mol. The summed E-state index contributed by atoms with van der Waals surface area (Å²) in [5, 5.41) is 3.34. The van der Waals surface area contributed by atoms with E-state index in [1.807, 2.05) is 0 Å². The Hall–Kier alpha value is -0.0800. The molecule has 0 aromatic heterocycles. The average Bonchev–Trinajstić information content (AvgIpc) is 2.19. The molecule has 2 heterocycles. The van der Waals surface area contributed by atoms with Crippen molar-refractivity contribution in [2.24, 2.45) is 5.92 Å². The number of nitrogens with zero attached hydrogens (tertiary/aromatic N) is 1. The first-order chi connectivity index (χ1) is 6.42. The van der Waals surface area contributed by atoms with Gasteiger partial charge in [0.15, 0.2) is 0 Å². The molecule has 2 aliphatic rings. The minimum atomic E-state index is 0.912. The lowest BCUT2D eigenvalue weighted by atomic mass is 9.83. The molecule has 2 nitrogen and oxygen atoms in total. The summed E-state index contributed by atoms with van der Waals surface area (Å²) in [6, 6.07) is 0.912. The molecular formula is C11H22N2. The quantitative estimate of drug-likeness (QED) is 0.695. The molecule has 2 rings (SSSR count). The minimum Gasteiger partial charge on any atom is -0.319 e. The number of hydrogen-bond donors (Lipinski definition) is 1. The number of fused-ring (bicyclic) bond motifs is 1. The third-order valence-corrected chi connectivity index (χ3v) is 3.69. The van der Waals surface area contributed by atoms with E-state index in [1.165, 1.54) is 51.7 Å². The summed E-state index contributed by atoms with van der Waals surface area (Å²) >= 11 is 0. The molecule has 76 valence electrons. The molecule has 2 fully saturated rings. The van der Waals surface area contributed by atoms with Crippen molar-refractivity contribution in [2.75, 3.05) is 26.7 Å². The monoisotopic (exact) mass is 182 g/mol. The van der Waals surface area contributed by atoms with Crippen LogP contribution in [0, 0.1) is 5.92 Å². The summed E-state index contributed by atoms with van der Waals surface area (Å²) in [6.45, 7) is 3.96. The maximum atomic E-state index is 3.34. The summed E-state index contributed by atoms with van der Waals surface area (Å²) in [5.41, 5.74) is 0. The van der Waals surface area contributed by atoms with E-state index in [1.54, 1.807) is 0 Å². The summed E-state index contributed by atoms with van der Waals surface area (Å²) in [7, 11) is 2.09. The molecule has 0 radical (unpaired) electrons. The van der Waals surface area contributed by atoms with Crippen LogP contribution in [0.2, 0.25) is 0 Å². The van der Waals surface area contributed by atoms with Gasteiger partial charge in [-0.15, -0.1) is 0 Å². The van der Waals surface area contributed by atoms with Crippen LogP contribution >= 0.6 is 0 Å². The molecule has 0 aliphatic carbocycles. The van der Waals surface area contributed by atoms with Gasteiger partial charge in [0.05, 0.1) is 0 Å². The largest absolute Gasteiger partial charge is 0.319 e. The zero-order chi connectivity index (χ0) is 9.10. The van der Waals surface area contributed by atoms with Crippen LogP contribution in [-0.4, -0.2) is 37.6 Å². The third-order valence-electron chi connectivity index (χ3n) is 3.69. The van der Waals surface area contributed by atoms with Crippen LogP contribution < -0.4 is 5.32 Å². The second kappa shape index (κ2) is 4.43. The van der Waals surface area contributed by atoms with Gasteiger partial charge in [-0.25, -0.2) is 0 Å². The van der Waals surface area contributed by atoms with E-state index in [9.17, 15) is 0 Å². The van der Waals surface area contributed by atoms with Gasteiger partial charge in [0, 0.05) is 6.04 Å². The molecule has 0 bridgehead atoms. The molecule has 0 aromatic carbocycles. The van der Waals surface area contributed by atoms with Gasteiger partial charge in [-0.05, 0) is 58.3 Å². The minimum absolute atomic E-state index is 0.912. The van der Waals surface area contributed by atoms with Crippen LogP contribution in [0.3, 0.4) is 0 Å². The molecule has 1 unspecified atom stereocenters. The molecule has 0 saturated carbocycles. The van der Waals surface area contributed by atoms with Crippen molar-refractivity contribution in [3.63, 3.8) is 0 Å². The van der Waals surface area contributed by atoms with E-state index in [-0.39, 0.29) is 0 Å². The molecule has 0 amide bonds. The summed E-state index contributed by atoms with van der Waals surface area (Å²) in [6.07, 6.45) is 7.21. The van der Waals surface area contributed by atoms with Crippen LogP contribution in [0.5, 0.6) is 0 Å². The summed E-state index contributed by atoms with van der Waals surface area (Å²) in [5.74, 6) is 0.930. The average molecular weight is 182 g/mol. The molecule has 2 heteroatoms. The predicted octanol–water partition coefficient (Wildman–Crippen LogP) is 1.47. The fourth-order valence-corrected chi connectivity index (χ4v) is 3.08. The molecular weight excluding hydrogens is 160 g/mol. The Kier molecular flexibility index (Phi) is 3.23. The topological polar surface area (TPSA) is 15.3 Å². The molecule has 0 aromatic rings. The van der Waals surface area contributed by atoms with Gasteiger partial charge >= 0.3 is 0 Å². The Morgan fingerprint density at radius 2 is 2.00 bits per heavy atom.